The van der Waals surface area contributed by atoms with Crippen LogP contribution in [0.25, 0.3) is 0 Å². The van der Waals surface area contributed by atoms with Crippen molar-refractivity contribution in [1.82, 2.24) is 0 Å². The quantitative estimate of drug-likeness (QED) is 0.600. The third-order valence-electron chi connectivity index (χ3n) is 1.37. The molecule has 60 valence electrons. The lowest BCUT2D eigenvalue weighted by Crippen LogP contribution is -2.06. The highest BCUT2D eigenvalue weighted by Crippen LogP contribution is 2.21. The number of Topliss-reactive ketones (excluding diaryl/α,β-unsaturated/α-hetero) is 1. The molecule has 1 aromatic rings. The lowest BCUT2D eigenvalue weighted by atomic mass is 10.1. The standard InChI is InChI=1S/C8H9IOS/c1-5(2)7(10)8-6(9)3-4-11-8/h3-5H,1-2H3. The Kier molecular flexibility index (Phi) is 3.06. The fraction of sp³-hybridized carbons (Fsp3) is 0.375. The second kappa shape index (κ2) is 3.67. The van der Waals surface area contributed by atoms with E-state index in [2.05, 4.69) is 22.6 Å². The Morgan fingerprint density at radius 2 is 2.27 bits per heavy atom. The van der Waals surface area contributed by atoms with Gasteiger partial charge in [-0.1, -0.05) is 13.8 Å². The van der Waals surface area contributed by atoms with Crippen molar-refractivity contribution in [2.45, 2.75) is 13.8 Å². The summed E-state index contributed by atoms with van der Waals surface area (Å²) < 4.78 is 1.08. The van der Waals surface area contributed by atoms with Gasteiger partial charge in [-0.2, -0.15) is 0 Å². The van der Waals surface area contributed by atoms with E-state index in [1.54, 1.807) is 0 Å². The maximum Gasteiger partial charge on any atom is 0.176 e. The Hall–Kier alpha value is 0.100. The highest BCUT2D eigenvalue weighted by molar-refractivity contribution is 14.1. The molecule has 3 heteroatoms. The molecule has 0 aliphatic rings. The van der Waals surface area contributed by atoms with E-state index in [1.165, 1.54) is 11.3 Å². The molecule has 0 aromatic carbocycles. The van der Waals surface area contributed by atoms with Crippen LogP contribution in [0.15, 0.2) is 11.4 Å². The van der Waals surface area contributed by atoms with Gasteiger partial charge in [0.2, 0.25) is 0 Å². The van der Waals surface area contributed by atoms with E-state index in [0.29, 0.717) is 0 Å². The van der Waals surface area contributed by atoms with Crippen LogP contribution < -0.4 is 0 Å². The van der Waals surface area contributed by atoms with Gasteiger partial charge in [0.15, 0.2) is 5.78 Å². The molecule has 0 saturated carbocycles. The average molecular weight is 280 g/mol. The van der Waals surface area contributed by atoms with Crippen LogP contribution in [-0.2, 0) is 0 Å². The zero-order valence-electron chi connectivity index (χ0n) is 6.43. The first kappa shape index (κ1) is 9.19. The topological polar surface area (TPSA) is 17.1 Å². The summed E-state index contributed by atoms with van der Waals surface area (Å²) in [6.45, 7) is 3.86. The molecule has 1 rings (SSSR count). The second-order valence-corrected chi connectivity index (χ2v) is 4.69. The third kappa shape index (κ3) is 2.02. The van der Waals surface area contributed by atoms with Gasteiger partial charge in [-0.25, -0.2) is 0 Å². The monoisotopic (exact) mass is 280 g/mol. The molecule has 0 aliphatic carbocycles. The minimum absolute atomic E-state index is 0.113. The van der Waals surface area contributed by atoms with Gasteiger partial charge in [0, 0.05) is 9.49 Å². The fourth-order valence-electron chi connectivity index (χ4n) is 0.732. The Balaban J connectivity index is 2.93. The van der Waals surface area contributed by atoms with Crippen LogP contribution >= 0.6 is 33.9 Å². The van der Waals surface area contributed by atoms with Gasteiger partial charge in [-0.3, -0.25) is 4.79 Å². The number of rotatable bonds is 2. The number of hydrogen-bond donors (Lipinski definition) is 0. The van der Waals surface area contributed by atoms with E-state index in [9.17, 15) is 4.79 Å². The average Bonchev–Trinajstić information content (AvgIpc) is 2.33. The fourth-order valence-corrected chi connectivity index (χ4v) is 2.68. The number of ketones is 1. The van der Waals surface area contributed by atoms with Crippen molar-refractivity contribution in [3.63, 3.8) is 0 Å². The predicted octanol–water partition coefficient (Wildman–Crippen LogP) is 3.19. The van der Waals surface area contributed by atoms with E-state index in [4.69, 9.17) is 0 Å². The molecule has 0 aliphatic heterocycles. The van der Waals surface area contributed by atoms with Gasteiger partial charge in [0.05, 0.1) is 4.88 Å². The molecular weight excluding hydrogens is 271 g/mol. The number of carbonyl (C=O) groups excluding carboxylic acids is 1. The van der Waals surface area contributed by atoms with Crippen LogP contribution in [0.3, 0.4) is 0 Å². The lowest BCUT2D eigenvalue weighted by molar-refractivity contribution is 0.0942. The van der Waals surface area contributed by atoms with E-state index in [-0.39, 0.29) is 11.7 Å². The highest BCUT2D eigenvalue weighted by Gasteiger charge is 2.14. The third-order valence-corrected chi connectivity index (χ3v) is 3.56. The van der Waals surface area contributed by atoms with Crippen LogP contribution in [0, 0.1) is 9.49 Å². The molecule has 0 spiro atoms. The number of thiophene rings is 1. The van der Waals surface area contributed by atoms with Crippen LogP contribution in [0.5, 0.6) is 0 Å². The Morgan fingerprint density at radius 1 is 1.64 bits per heavy atom. The zero-order valence-corrected chi connectivity index (χ0v) is 9.40. The summed E-state index contributed by atoms with van der Waals surface area (Å²) in [5, 5.41) is 1.96. The van der Waals surface area contributed by atoms with Crippen molar-refractivity contribution >= 4 is 39.7 Å². The molecular formula is C8H9IOS. The van der Waals surface area contributed by atoms with Crippen LogP contribution in [0.1, 0.15) is 23.5 Å². The normalized spacial score (nSPS) is 10.5. The molecule has 0 unspecified atom stereocenters. The largest absolute Gasteiger partial charge is 0.293 e. The van der Waals surface area contributed by atoms with Gasteiger partial charge >= 0.3 is 0 Å². The van der Waals surface area contributed by atoms with Crippen molar-refractivity contribution in [1.29, 1.82) is 0 Å². The molecule has 1 aromatic heterocycles. The van der Waals surface area contributed by atoms with Crippen molar-refractivity contribution in [2.24, 2.45) is 5.92 Å². The minimum atomic E-state index is 0.113. The molecule has 0 bridgehead atoms. The number of halogens is 1. The van der Waals surface area contributed by atoms with E-state index in [1.807, 2.05) is 25.3 Å². The van der Waals surface area contributed by atoms with Gasteiger partial charge in [-0.05, 0) is 34.0 Å². The van der Waals surface area contributed by atoms with Crippen molar-refractivity contribution in [2.75, 3.05) is 0 Å². The molecule has 11 heavy (non-hydrogen) atoms. The first-order valence-electron chi connectivity index (χ1n) is 3.40. The van der Waals surface area contributed by atoms with Crippen LogP contribution in [0.4, 0.5) is 0 Å². The molecule has 0 fully saturated rings. The highest BCUT2D eigenvalue weighted by atomic mass is 127. The predicted molar refractivity (Wildman–Crippen MR) is 56.2 cm³/mol. The Morgan fingerprint density at radius 3 is 2.64 bits per heavy atom. The van der Waals surface area contributed by atoms with Crippen LogP contribution in [0.2, 0.25) is 0 Å². The first-order valence-corrected chi connectivity index (χ1v) is 5.36. The molecule has 1 nitrogen and oxygen atoms in total. The Labute approximate surface area is 84.0 Å². The molecule has 0 saturated heterocycles. The Bertz CT molecular complexity index is 265. The number of carbonyl (C=O) groups is 1. The summed E-state index contributed by atoms with van der Waals surface area (Å²) in [5.74, 6) is 0.367. The summed E-state index contributed by atoms with van der Waals surface area (Å²) in [6, 6.07) is 1.97. The van der Waals surface area contributed by atoms with Crippen molar-refractivity contribution in [3.05, 3.63) is 19.9 Å². The van der Waals surface area contributed by atoms with Crippen molar-refractivity contribution in [3.8, 4) is 0 Å². The van der Waals surface area contributed by atoms with Crippen molar-refractivity contribution < 1.29 is 4.79 Å². The first-order chi connectivity index (χ1) is 5.13. The maximum absolute atomic E-state index is 11.4. The number of hydrogen-bond acceptors (Lipinski definition) is 2. The summed E-state index contributed by atoms with van der Waals surface area (Å²) in [5.41, 5.74) is 0. The minimum Gasteiger partial charge on any atom is -0.293 e. The zero-order chi connectivity index (χ0) is 8.43. The molecule has 0 N–H and O–H groups in total. The maximum atomic E-state index is 11.4. The summed E-state index contributed by atoms with van der Waals surface area (Å²) in [4.78, 5) is 12.3. The SMILES string of the molecule is CC(C)C(=O)c1sccc1I. The molecule has 0 radical (unpaired) electrons. The van der Waals surface area contributed by atoms with Gasteiger partial charge in [0.25, 0.3) is 0 Å². The second-order valence-electron chi connectivity index (χ2n) is 2.62. The van der Waals surface area contributed by atoms with Gasteiger partial charge in [0.1, 0.15) is 0 Å². The van der Waals surface area contributed by atoms with E-state index < -0.39 is 0 Å². The summed E-state index contributed by atoms with van der Waals surface area (Å²) >= 11 is 3.72. The van der Waals surface area contributed by atoms with E-state index >= 15 is 0 Å². The van der Waals surface area contributed by atoms with Gasteiger partial charge < -0.3 is 0 Å². The molecule has 0 amide bonds. The lowest BCUT2D eigenvalue weighted by Gasteiger charge is -2.00. The molecule has 1 heterocycles. The van der Waals surface area contributed by atoms with E-state index in [0.717, 1.165) is 8.45 Å². The molecule has 0 atom stereocenters. The summed E-state index contributed by atoms with van der Waals surface area (Å²) in [7, 11) is 0. The summed E-state index contributed by atoms with van der Waals surface area (Å²) in [6.07, 6.45) is 0. The smallest absolute Gasteiger partial charge is 0.176 e. The van der Waals surface area contributed by atoms with Gasteiger partial charge in [-0.15, -0.1) is 11.3 Å². The van der Waals surface area contributed by atoms with Crippen LogP contribution in [-0.4, -0.2) is 5.78 Å².